The fraction of sp³-hybridized carbons (Fsp3) is 0.286. The van der Waals surface area contributed by atoms with E-state index in [4.69, 9.17) is 4.98 Å². The fourth-order valence-corrected chi connectivity index (χ4v) is 3.34. The van der Waals surface area contributed by atoms with E-state index < -0.39 is 0 Å². The monoisotopic (exact) mass is 477 g/mol. The zero-order valence-electron chi connectivity index (χ0n) is 15.2. The van der Waals surface area contributed by atoms with Crippen LogP contribution >= 0.6 is 34.0 Å². The van der Waals surface area contributed by atoms with E-state index in [2.05, 4.69) is 78.4 Å². The summed E-state index contributed by atoms with van der Waals surface area (Å²) in [4.78, 5) is 9.80. The number of likely N-dealkylation sites (N-methyl/N-ethyl adjacent to an activating group) is 1. The normalized spacial score (nSPS) is 14.6. The van der Waals surface area contributed by atoms with Crippen molar-refractivity contribution >= 4 is 50.6 Å². The zero-order valence-corrected chi connectivity index (χ0v) is 18.6. The maximum atomic E-state index is 4.91. The van der Waals surface area contributed by atoms with Crippen molar-refractivity contribution in [2.45, 2.75) is 6.92 Å². The Morgan fingerprint density at radius 1 is 0.846 bits per heavy atom. The van der Waals surface area contributed by atoms with Crippen molar-refractivity contribution in [2.24, 2.45) is 0 Å². The number of rotatable bonds is 2. The number of hydrogen-bond donors (Lipinski definition) is 0. The van der Waals surface area contributed by atoms with Crippen LogP contribution in [0.15, 0.2) is 54.6 Å². The summed E-state index contributed by atoms with van der Waals surface area (Å²) in [6.07, 6.45) is 0. The predicted molar refractivity (Wildman–Crippen MR) is 122 cm³/mol. The number of anilines is 1. The van der Waals surface area contributed by atoms with Crippen LogP contribution in [0.3, 0.4) is 0 Å². The third-order valence-corrected chi connectivity index (χ3v) is 4.89. The second kappa shape index (κ2) is 8.98. The molecule has 1 aliphatic rings. The van der Waals surface area contributed by atoms with Gasteiger partial charge in [-0.15, -0.1) is 34.0 Å². The Morgan fingerprint density at radius 2 is 1.50 bits per heavy atom. The second-order valence-electron chi connectivity index (χ2n) is 6.70. The van der Waals surface area contributed by atoms with Gasteiger partial charge in [0.1, 0.15) is 0 Å². The number of para-hydroxylation sites is 1. The van der Waals surface area contributed by atoms with Crippen LogP contribution < -0.4 is 4.90 Å². The third kappa shape index (κ3) is 4.27. The molecular formula is C21H25Br2N3. The Labute approximate surface area is 176 Å². The molecular weight excluding hydrogens is 454 g/mol. The van der Waals surface area contributed by atoms with Crippen LogP contribution in [0.25, 0.3) is 22.2 Å². The molecule has 0 unspecified atom stereocenters. The lowest BCUT2D eigenvalue weighted by Gasteiger charge is -2.34. The first-order valence-electron chi connectivity index (χ1n) is 8.61. The van der Waals surface area contributed by atoms with Crippen LogP contribution in [-0.2, 0) is 0 Å². The number of fused-ring (bicyclic) bond motifs is 1. The molecule has 0 aliphatic carbocycles. The van der Waals surface area contributed by atoms with Crippen molar-refractivity contribution in [1.29, 1.82) is 0 Å². The van der Waals surface area contributed by atoms with Crippen LogP contribution in [-0.4, -0.2) is 43.1 Å². The maximum absolute atomic E-state index is 4.91. The number of pyridine rings is 1. The molecule has 0 bridgehead atoms. The van der Waals surface area contributed by atoms with Gasteiger partial charge in [-0.3, -0.25) is 0 Å². The molecule has 0 N–H and O–H groups in total. The van der Waals surface area contributed by atoms with Gasteiger partial charge in [0.2, 0.25) is 0 Å². The van der Waals surface area contributed by atoms with E-state index in [1.165, 1.54) is 22.2 Å². The lowest BCUT2D eigenvalue weighted by molar-refractivity contribution is 0.313. The molecule has 0 spiro atoms. The molecule has 138 valence electrons. The predicted octanol–water partition coefficient (Wildman–Crippen LogP) is 5.12. The Bertz CT molecular complexity index is 857. The molecule has 1 aliphatic heterocycles. The van der Waals surface area contributed by atoms with Crippen molar-refractivity contribution < 1.29 is 0 Å². The van der Waals surface area contributed by atoms with Crippen LogP contribution in [0.2, 0.25) is 0 Å². The number of aromatic nitrogens is 1. The minimum absolute atomic E-state index is 0. The number of halogens is 2. The summed E-state index contributed by atoms with van der Waals surface area (Å²) in [5.41, 5.74) is 5.90. The van der Waals surface area contributed by atoms with E-state index >= 15 is 0 Å². The van der Waals surface area contributed by atoms with Crippen molar-refractivity contribution in [3.8, 4) is 11.3 Å². The summed E-state index contributed by atoms with van der Waals surface area (Å²) in [5.74, 6) is 0. The highest BCUT2D eigenvalue weighted by Gasteiger charge is 2.18. The standard InChI is InChI=1S/C21H23N3.2BrH/c1-16-7-9-17(10-8-16)20-15-21(24-13-11-23(2)12-14-24)18-5-3-4-6-19(18)22-20;;/h3-10,15H,11-14H2,1-2H3;2*1H. The van der Waals surface area contributed by atoms with E-state index in [-0.39, 0.29) is 34.0 Å². The summed E-state index contributed by atoms with van der Waals surface area (Å²) in [7, 11) is 2.19. The van der Waals surface area contributed by atoms with Gasteiger partial charge in [-0.25, -0.2) is 4.98 Å². The molecule has 2 heterocycles. The first kappa shape index (κ1) is 20.9. The van der Waals surface area contributed by atoms with Gasteiger partial charge >= 0.3 is 0 Å². The van der Waals surface area contributed by atoms with Crippen LogP contribution in [0.5, 0.6) is 0 Å². The second-order valence-corrected chi connectivity index (χ2v) is 6.70. The molecule has 3 aromatic rings. The van der Waals surface area contributed by atoms with E-state index in [1.807, 2.05) is 0 Å². The van der Waals surface area contributed by atoms with Gasteiger partial charge in [0.05, 0.1) is 11.2 Å². The summed E-state index contributed by atoms with van der Waals surface area (Å²) in [5, 5.41) is 1.25. The number of aryl methyl sites for hydroxylation is 1. The fourth-order valence-electron chi connectivity index (χ4n) is 3.34. The highest BCUT2D eigenvalue weighted by atomic mass is 79.9. The molecule has 0 atom stereocenters. The molecule has 2 aromatic carbocycles. The van der Waals surface area contributed by atoms with E-state index in [9.17, 15) is 0 Å². The minimum Gasteiger partial charge on any atom is -0.368 e. The number of hydrogen-bond acceptors (Lipinski definition) is 3. The average Bonchev–Trinajstić information content (AvgIpc) is 2.62. The first-order chi connectivity index (χ1) is 11.7. The molecule has 0 radical (unpaired) electrons. The van der Waals surface area contributed by atoms with E-state index in [1.54, 1.807) is 0 Å². The highest BCUT2D eigenvalue weighted by molar-refractivity contribution is 8.93. The number of benzene rings is 2. The molecule has 0 amide bonds. The van der Waals surface area contributed by atoms with Crippen molar-refractivity contribution in [2.75, 3.05) is 38.1 Å². The van der Waals surface area contributed by atoms with Gasteiger partial charge in [-0.1, -0.05) is 48.0 Å². The van der Waals surface area contributed by atoms with Gasteiger partial charge in [0.25, 0.3) is 0 Å². The molecule has 5 heteroatoms. The smallest absolute Gasteiger partial charge is 0.0730 e. The lowest BCUT2D eigenvalue weighted by Crippen LogP contribution is -2.44. The van der Waals surface area contributed by atoms with Crippen molar-refractivity contribution in [3.05, 3.63) is 60.2 Å². The SMILES string of the molecule is Br.Br.Cc1ccc(-c2cc(N3CCN(C)CC3)c3ccccc3n2)cc1. The van der Waals surface area contributed by atoms with Gasteiger partial charge < -0.3 is 9.80 Å². The van der Waals surface area contributed by atoms with E-state index in [0.717, 1.165) is 37.4 Å². The molecule has 4 rings (SSSR count). The first-order valence-corrected chi connectivity index (χ1v) is 8.61. The van der Waals surface area contributed by atoms with E-state index in [0.29, 0.717) is 0 Å². The number of piperazine rings is 1. The maximum Gasteiger partial charge on any atom is 0.0730 e. The van der Waals surface area contributed by atoms with Crippen molar-refractivity contribution in [1.82, 2.24) is 9.88 Å². The van der Waals surface area contributed by atoms with Gasteiger partial charge in [-0.2, -0.15) is 0 Å². The van der Waals surface area contributed by atoms with Crippen LogP contribution in [0.4, 0.5) is 5.69 Å². The molecule has 26 heavy (non-hydrogen) atoms. The highest BCUT2D eigenvalue weighted by Crippen LogP contribution is 2.31. The minimum atomic E-state index is 0. The zero-order chi connectivity index (χ0) is 16.5. The van der Waals surface area contributed by atoms with Crippen LogP contribution in [0.1, 0.15) is 5.56 Å². The lowest BCUT2D eigenvalue weighted by atomic mass is 10.1. The topological polar surface area (TPSA) is 19.4 Å². The summed E-state index contributed by atoms with van der Waals surface area (Å²) in [6, 6.07) is 19.4. The summed E-state index contributed by atoms with van der Waals surface area (Å²) < 4.78 is 0. The average molecular weight is 479 g/mol. The third-order valence-electron chi connectivity index (χ3n) is 4.89. The molecule has 1 aromatic heterocycles. The summed E-state index contributed by atoms with van der Waals surface area (Å²) in [6.45, 7) is 6.47. The van der Waals surface area contributed by atoms with Crippen molar-refractivity contribution in [3.63, 3.8) is 0 Å². The Hall–Kier alpha value is -1.43. The van der Waals surface area contributed by atoms with Gasteiger partial charge in [0, 0.05) is 42.8 Å². The molecule has 1 saturated heterocycles. The van der Waals surface area contributed by atoms with Crippen LogP contribution in [0, 0.1) is 6.92 Å². The summed E-state index contributed by atoms with van der Waals surface area (Å²) >= 11 is 0. The Morgan fingerprint density at radius 3 is 2.19 bits per heavy atom. The van der Waals surface area contributed by atoms with Gasteiger partial charge in [0.15, 0.2) is 0 Å². The molecule has 3 nitrogen and oxygen atoms in total. The van der Waals surface area contributed by atoms with Gasteiger partial charge in [-0.05, 0) is 26.1 Å². The largest absolute Gasteiger partial charge is 0.368 e. The Balaban J connectivity index is 0.00000121. The molecule has 0 saturated carbocycles. The quantitative estimate of drug-likeness (QED) is 0.509. The number of nitrogens with zero attached hydrogens (tertiary/aromatic N) is 3. The molecule has 1 fully saturated rings. The Kier molecular flexibility index (Phi) is 7.21.